The summed E-state index contributed by atoms with van der Waals surface area (Å²) < 4.78 is 40.9. The minimum Gasteiger partial charge on any atom is -0.463 e. The van der Waals surface area contributed by atoms with E-state index in [1.54, 1.807) is 0 Å². The molecular formula is C22H44O6S. The van der Waals surface area contributed by atoms with Gasteiger partial charge in [-0.1, -0.05) is 104 Å². The van der Waals surface area contributed by atoms with Crippen LogP contribution in [0.15, 0.2) is 0 Å². The number of esters is 1. The molecule has 7 heteroatoms. The van der Waals surface area contributed by atoms with E-state index in [-0.39, 0.29) is 18.9 Å². The van der Waals surface area contributed by atoms with Crippen molar-refractivity contribution >= 4 is 16.4 Å². The molecule has 0 aromatic rings. The van der Waals surface area contributed by atoms with E-state index < -0.39 is 22.5 Å². The summed E-state index contributed by atoms with van der Waals surface area (Å²) in [6.07, 6.45) is 14.5. The number of unbranched alkanes of at least 4 members (excludes halogenated alkanes) is 10. The molecule has 0 spiro atoms. The first-order valence-corrected chi connectivity index (χ1v) is 13.0. The molecule has 0 saturated carbocycles. The third kappa shape index (κ3) is 17.9. The average molecular weight is 437 g/mol. The first kappa shape index (κ1) is 28.3. The van der Waals surface area contributed by atoms with Crippen molar-refractivity contribution in [1.29, 1.82) is 0 Å². The van der Waals surface area contributed by atoms with Crippen LogP contribution in [0.2, 0.25) is 0 Å². The molecule has 0 bridgehead atoms. The maximum Gasteiger partial charge on any atom is 0.398 e. The lowest BCUT2D eigenvalue weighted by Crippen LogP contribution is -2.30. The van der Waals surface area contributed by atoms with E-state index in [9.17, 15) is 13.2 Å². The van der Waals surface area contributed by atoms with Crippen molar-refractivity contribution in [2.24, 2.45) is 5.92 Å². The zero-order valence-corrected chi connectivity index (χ0v) is 19.7. The zero-order valence-electron chi connectivity index (χ0n) is 18.9. The van der Waals surface area contributed by atoms with Gasteiger partial charge in [-0.25, -0.2) is 8.98 Å². The Labute approximate surface area is 179 Å². The number of hydrogen-bond donors (Lipinski definition) is 1. The predicted octanol–water partition coefficient (Wildman–Crippen LogP) is 6.25. The van der Waals surface area contributed by atoms with Crippen molar-refractivity contribution in [2.75, 3.05) is 6.61 Å². The second-order valence-corrected chi connectivity index (χ2v) is 9.08. The minimum absolute atomic E-state index is 0.230. The molecular weight excluding hydrogens is 392 g/mol. The van der Waals surface area contributed by atoms with E-state index in [1.807, 2.05) is 0 Å². The van der Waals surface area contributed by atoms with Gasteiger partial charge in [-0.3, -0.25) is 4.55 Å². The SMILES string of the molecule is CCCCCCCCCCC(CC)COC(=O)C(CCCCCC)OS(=O)(=O)O. The van der Waals surface area contributed by atoms with Crippen LogP contribution < -0.4 is 0 Å². The second kappa shape index (κ2) is 18.1. The van der Waals surface area contributed by atoms with E-state index >= 15 is 0 Å². The van der Waals surface area contributed by atoms with Gasteiger partial charge in [-0.2, -0.15) is 8.42 Å². The molecule has 174 valence electrons. The normalized spacial score (nSPS) is 13.9. The molecule has 29 heavy (non-hydrogen) atoms. The minimum atomic E-state index is -4.69. The highest BCUT2D eigenvalue weighted by Crippen LogP contribution is 2.18. The van der Waals surface area contributed by atoms with Crippen LogP contribution in [-0.4, -0.2) is 31.7 Å². The van der Waals surface area contributed by atoms with Gasteiger partial charge < -0.3 is 4.74 Å². The highest BCUT2D eigenvalue weighted by atomic mass is 32.3. The Morgan fingerprint density at radius 1 is 0.793 bits per heavy atom. The number of rotatable bonds is 20. The maximum atomic E-state index is 12.3. The average Bonchev–Trinajstić information content (AvgIpc) is 2.67. The third-order valence-electron chi connectivity index (χ3n) is 5.33. The molecule has 0 aliphatic rings. The lowest BCUT2D eigenvalue weighted by atomic mass is 9.98. The van der Waals surface area contributed by atoms with Gasteiger partial charge in [0.05, 0.1) is 6.61 Å². The summed E-state index contributed by atoms with van der Waals surface area (Å²) >= 11 is 0. The highest BCUT2D eigenvalue weighted by molar-refractivity contribution is 7.80. The van der Waals surface area contributed by atoms with Crippen LogP contribution in [0.5, 0.6) is 0 Å². The molecule has 0 rings (SSSR count). The lowest BCUT2D eigenvalue weighted by molar-refractivity contribution is -0.154. The van der Waals surface area contributed by atoms with Crippen LogP contribution in [-0.2, 0) is 24.1 Å². The fourth-order valence-corrected chi connectivity index (χ4v) is 3.84. The standard InChI is InChI=1S/C22H44O6S/c1-4-7-9-11-12-13-14-15-17-20(6-3)19-27-22(23)21(28-29(24,25)26)18-16-10-8-5-2/h20-21H,4-19H2,1-3H3,(H,24,25,26). The summed E-state index contributed by atoms with van der Waals surface area (Å²) in [5, 5.41) is 0. The van der Waals surface area contributed by atoms with E-state index in [2.05, 4.69) is 25.0 Å². The van der Waals surface area contributed by atoms with Gasteiger partial charge in [0, 0.05) is 0 Å². The van der Waals surface area contributed by atoms with Gasteiger partial charge in [0.2, 0.25) is 0 Å². The van der Waals surface area contributed by atoms with Gasteiger partial charge in [0.15, 0.2) is 6.10 Å². The summed E-state index contributed by atoms with van der Waals surface area (Å²) in [6, 6.07) is 0. The molecule has 0 heterocycles. The molecule has 6 nitrogen and oxygen atoms in total. The van der Waals surface area contributed by atoms with Gasteiger partial charge in [-0.05, 0) is 18.8 Å². The Kier molecular flexibility index (Phi) is 17.7. The van der Waals surface area contributed by atoms with E-state index in [1.165, 1.54) is 44.9 Å². The Bertz CT molecular complexity index is 492. The number of carbonyl (C=O) groups is 1. The molecule has 1 N–H and O–H groups in total. The van der Waals surface area contributed by atoms with Crippen molar-refractivity contribution in [3.63, 3.8) is 0 Å². The summed E-state index contributed by atoms with van der Waals surface area (Å²) in [5.41, 5.74) is 0. The molecule has 0 aliphatic heterocycles. The molecule has 2 unspecified atom stereocenters. The molecule has 0 fully saturated rings. The monoisotopic (exact) mass is 436 g/mol. The summed E-state index contributed by atoms with van der Waals surface area (Å²) in [4.78, 5) is 12.3. The molecule has 0 radical (unpaired) electrons. The van der Waals surface area contributed by atoms with Gasteiger partial charge in [-0.15, -0.1) is 0 Å². The third-order valence-corrected chi connectivity index (χ3v) is 5.80. The number of hydrogen-bond acceptors (Lipinski definition) is 5. The van der Waals surface area contributed by atoms with E-state index in [0.29, 0.717) is 6.42 Å². The molecule has 2 atom stereocenters. The van der Waals surface area contributed by atoms with Crippen LogP contribution >= 0.6 is 0 Å². The fraction of sp³-hybridized carbons (Fsp3) is 0.955. The Morgan fingerprint density at radius 3 is 1.79 bits per heavy atom. The summed E-state index contributed by atoms with van der Waals surface area (Å²) in [6.45, 7) is 6.63. The van der Waals surface area contributed by atoms with Crippen LogP contribution in [0.25, 0.3) is 0 Å². The molecule has 0 saturated heterocycles. The van der Waals surface area contributed by atoms with Crippen molar-refractivity contribution < 1.29 is 26.7 Å². The molecule has 0 aromatic carbocycles. The van der Waals surface area contributed by atoms with Crippen molar-refractivity contribution in [3.05, 3.63) is 0 Å². The lowest BCUT2D eigenvalue weighted by Gasteiger charge is -2.18. The van der Waals surface area contributed by atoms with Crippen molar-refractivity contribution in [2.45, 2.75) is 123 Å². The Morgan fingerprint density at radius 2 is 1.28 bits per heavy atom. The maximum absolute atomic E-state index is 12.3. The summed E-state index contributed by atoms with van der Waals surface area (Å²) in [7, 11) is -4.69. The Hall–Kier alpha value is -0.660. The van der Waals surface area contributed by atoms with Gasteiger partial charge in [0.25, 0.3) is 0 Å². The number of ether oxygens (including phenoxy) is 1. The Balaban J connectivity index is 4.21. The number of carbonyl (C=O) groups excluding carboxylic acids is 1. The molecule has 0 amide bonds. The van der Waals surface area contributed by atoms with Crippen molar-refractivity contribution in [1.82, 2.24) is 0 Å². The molecule has 0 aliphatic carbocycles. The van der Waals surface area contributed by atoms with Crippen LogP contribution in [0.1, 0.15) is 117 Å². The molecule has 0 aromatic heterocycles. The highest BCUT2D eigenvalue weighted by Gasteiger charge is 2.26. The quantitative estimate of drug-likeness (QED) is 0.138. The van der Waals surface area contributed by atoms with Crippen LogP contribution in [0, 0.1) is 5.92 Å². The van der Waals surface area contributed by atoms with E-state index in [4.69, 9.17) is 9.29 Å². The fourth-order valence-electron chi connectivity index (χ4n) is 3.37. The zero-order chi connectivity index (χ0) is 22.0. The van der Waals surface area contributed by atoms with Crippen LogP contribution in [0.3, 0.4) is 0 Å². The first-order valence-electron chi connectivity index (χ1n) is 11.7. The van der Waals surface area contributed by atoms with Crippen LogP contribution in [0.4, 0.5) is 0 Å². The summed E-state index contributed by atoms with van der Waals surface area (Å²) in [5.74, 6) is -0.431. The first-order chi connectivity index (χ1) is 13.8. The topological polar surface area (TPSA) is 89.9 Å². The van der Waals surface area contributed by atoms with Gasteiger partial charge in [0.1, 0.15) is 0 Å². The largest absolute Gasteiger partial charge is 0.463 e. The predicted molar refractivity (Wildman–Crippen MR) is 117 cm³/mol. The van der Waals surface area contributed by atoms with Crippen molar-refractivity contribution in [3.8, 4) is 0 Å². The second-order valence-electron chi connectivity index (χ2n) is 8.03. The van der Waals surface area contributed by atoms with Gasteiger partial charge >= 0.3 is 16.4 Å². The smallest absolute Gasteiger partial charge is 0.398 e. The van der Waals surface area contributed by atoms with E-state index in [0.717, 1.165) is 38.5 Å².